The van der Waals surface area contributed by atoms with Crippen molar-refractivity contribution in [2.45, 2.75) is 207 Å². The standard InChI is InChI=1S/C35H70N2/c1-5-7-9-11-13-15-17-18-19-21-23-25-27-29-31-36-32-33-37(34(3)4)35(36)30-28-26-24-22-20-16-14-12-10-8-6-2/h32-35H,5-31H2,1-4H3. The first-order valence-electron chi connectivity index (χ1n) is 17.4. The first-order chi connectivity index (χ1) is 18.2. The largest absolute Gasteiger partial charge is 0.356 e. The molecular weight excluding hydrogens is 448 g/mol. The van der Waals surface area contributed by atoms with Crippen molar-refractivity contribution in [1.29, 1.82) is 0 Å². The third-order valence-electron chi connectivity index (χ3n) is 8.59. The lowest BCUT2D eigenvalue weighted by molar-refractivity contribution is 0.114. The van der Waals surface area contributed by atoms with Crippen LogP contribution in [0.4, 0.5) is 0 Å². The molecule has 0 aromatic rings. The second-order valence-electron chi connectivity index (χ2n) is 12.5. The Morgan fingerprint density at radius 3 is 1.19 bits per heavy atom. The summed E-state index contributed by atoms with van der Waals surface area (Å²) in [5.74, 6) is 0. The van der Waals surface area contributed by atoms with Gasteiger partial charge in [-0.3, -0.25) is 0 Å². The molecule has 1 aliphatic rings. The highest BCUT2D eigenvalue weighted by Crippen LogP contribution is 2.25. The minimum absolute atomic E-state index is 0.607. The fourth-order valence-corrected chi connectivity index (χ4v) is 6.07. The number of hydrogen-bond donors (Lipinski definition) is 0. The van der Waals surface area contributed by atoms with Crippen LogP contribution < -0.4 is 0 Å². The molecule has 0 saturated heterocycles. The molecule has 2 nitrogen and oxygen atoms in total. The van der Waals surface area contributed by atoms with Crippen LogP contribution in [0.3, 0.4) is 0 Å². The minimum Gasteiger partial charge on any atom is -0.356 e. The van der Waals surface area contributed by atoms with Crippen LogP contribution in [-0.4, -0.2) is 28.6 Å². The molecule has 1 atom stereocenters. The summed E-state index contributed by atoms with van der Waals surface area (Å²) < 4.78 is 0. The molecule has 0 saturated carbocycles. The molecule has 0 amide bonds. The Kier molecular flexibility index (Phi) is 23.8. The zero-order valence-corrected chi connectivity index (χ0v) is 26.3. The normalized spacial score (nSPS) is 15.5. The molecular formula is C35H70N2. The van der Waals surface area contributed by atoms with Gasteiger partial charge in [0.25, 0.3) is 0 Å². The van der Waals surface area contributed by atoms with Gasteiger partial charge in [0.15, 0.2) is 0 Å². The summed E-state index contributed by atoms with van der Waals surface area (Å²) in [6.45, 7) is 10.6. The van der Waals surface area contributed by atoms with Crippen molar-refractivity contribution >= 4 is 0 Å². The van der Waals surface area contributed by atoms with E-state index >= 15 is 0 Å². The van der Waals surface area contributed by atoms with E-state index in [9.17, 15) is 0 Å². The van der Waals surface area contributed by atoms with Gasteiger partial charge >= 0.3 is 0 Å². The fourth-order valence-electron chi connectivity index (χ4n) is 6.07. The van der Waals surface area contributed by atoms with E-state index < -0.39 is 0 Å². The Labute approximate surface area is 235 Å². The molecule has 220 valence electrons. The van der Waals surface area contributed by atoms with Crippen LogP contribution >= 0.6 is 0 Å². The van der Waals surface area contributed by atoms with Gasteiger partial charge in [0.2, 0.25) is 0 Å². The molecule has 0 aromatic carbocycles. The third-order valence-corrected chi connectivity index (χ3v) is 8.59. The number of hydrogen-bond acceptors (Lipinski definition) is 2. The predicted octanol–water partition coefficient (Wildman–Crippen LogP) is 12.0. The summed E-state index contributed by atoms with van der Waals surface area (Å²) in [6.07, 6.45) is 42.7. The maximum Gasteiger partial charge on any atom is 0.101 e. The van der Waals surface area contributed by atoms with Crippen molar-refractivity contribution in [2.24, 2.45) is 0 Å². The van der Waals surface area contributed by atoms with E-state index in [1.54, 1.807) is 0 Å². The van der Waals surface area contributed by atoms with Crippen LogP contribution in [-0.2, 0) is 0 Å². The molecule has 0 radical (unpaired) electrons. The quantitative estimate of drug-likeness (QED) is 0.0950. The Bertz CT molecular complexity index is 486. The van der Waals surface area contributed by atoms with Crippen LogP contribution in [0, 0.1) is 0 Å². The molecule has 0 N–H and O–H groups in total. The molecule has 0 spiro atoms. The lowest BCUT2D eigenvalue weighted by Crippen LogP contribution is -2.42. The lowest BCUT2D eigenvalue weighted by atomic mass is 10.0. The van der Waals surface area contributed by atoms with Gasteiger partial charge in [-0.1, -0.05) is 162 Å². The average Bonchev–Trinajstić information content (AvgIpc) is 3.30. The van der Waals surface area contributed by atoms with Gasteiger partial charge in [-0.05, 0) is 33.1 Å². The van der Waals surface area contributed by atoms with Crippen LogP contribution in [0.25, 0.3) is 0 Å². The van der Waals surface area contributed by atoms with E-state index in [-0.39, 0.29) is 0 Å². The van der Waals surface area contributed by atoms with Crippen molar-refractivity contribution in [1.82, 2.24) is 9.80 Å². The Morgan fingerprint density at radius 1 is 0.459 bits per heavy atom. The van der Waals surface area contributed by atoms with E-state index in [1.807, 2.05) is 0 Å². The highest BCUT2D eigenvalue weighted by atomic mass is 15.4. The smallest absolute Gasteiger partial charge is 0.101 e. The van der Waals surface area contributed by atoms with E-state index in [0.717, 1.165) is 0 Å². The van der Waals surface area contributed by atoms with Crippen molar-refractivity contribution < 1.29 is 0 Å². The monoisotopic (exact) mass is 519 g/mol. The van der Waals surface area contributed by atoms with Crippen LogP contribution in [0.15, 0.2) is 12.4 Å². The maximum atomic E-state index is 2.66. The zero-order valence-electron chi connectivity index (χ0n) is 26.3. The molecule has 1 rings (SSSR count). The molecule has 0 fully saturated rings. The fraction of sp³-hybridized carbons (Fsp3) is 0.943. The van der Waals surface area contributed by atoms with Crippen LogP contribution in [0.5, 0.6) is 0 Å². The lowest BCUT2D eigenvalue weighted by Gasteiger charge is -2.35. The van der Waals surface area contributed by atoms with Gasteiger partial charge < -0.3 is 9.80 Å². The minimum atomic E-state index is 0.607. The SMILES string of the molecule is CCCCCCCCCCCCCCCCN1C=CN(C(C)C)C1CCCCCCCCCCCCC. The van der Waals surface area contributed by atoms with Crippen molar-refractivity contribution in [2.75, 3.05) is 6.54 Å². The van der Waals surface area contributed by atoms with Gasteiger partial charge in [-0.15, -0.1) is 0 Å². The highest BCUT2D eigenvalue weighted by Gasteiger charge is 2.26. The second kappa shape index (κ2) is 25.6. The topological polar surface area (TPSA) is 6.48 Å². The molecule has 1 unspecified atom stereocenters. The molecule has 1 aliphatic heterocycles. The van der Waals surface area contributed by atoms with E-state index in [4.69, 9.17) is 0 Å². The summed E-state index contributed by atoms with van der Waals surface area (Å²) in [4.78, 5) is 5.27. The highest BCUT2D eigenvalue weighted by molar-refractivity contribution is 4.98. The Balaban J connectivity index is 2.02. The maximum absolute atomic E-state index is 2.66. The molecule has 2 heteroatoms. The molecule has 0 bridgehead atoms. The first-order valence-corrected chi connectivity index (χ1v) is 17.4. The summed E-state index contributed by atoms with van der Waals surface area (Å²) in [5, 5.41) is 0. The Morgan fingerprint density at radius 2 is 0.811 bits per heavy atom. The third kappa shape index (κ3) is 19.1. The van der Waals surface area contributed by atoms with Gasteiger partial charge in [-0.2, -0.15) is 0 Å². The number of nitrogens with zero attached hydrogens (tertiary/aromatic N) is 2. The predicted molar refractivity (Wildman–Crippen MR) is 168 cm³/mol. The van der Waals surface area contributed by atoms with Crippen molar-refractivity contribution in [3.8, 4) is 0 Å². The van der Waals surface area contributed by atoms with Crippen molar-refractivity contribution in [3.63, 3.8) is 0 Å². The molecule has 0 aliphatic carbocycles. The molecule has 0 aromatic heterocycles. The number of rotatable bonds is 28. The first kappa shape index (κ1) is 34.4. The average molecular weight is 519 g/mol. The van der Waals surface area contributed by atoms with Gasteiger partial charge in [0, 0.05) is 25.0 Å². The van der Waals surface area contributed by atoms with E-state index in [0.29, 0.717) is 12.2 Å². The van der Waals surface area contributed by atoms with E-state index in [1.165, 1.54) is 173 Å². The second-order valence-corrected chi connectivity index (χ2v) is 12.5. The van der Waals surface area contributed by atoms with E-state index in [2.05, 4.69) is 49.9 Å². The van der Waals surface area contributed by atoms with Crippen molar-refractivity contribution in [3.05, 3.63) is 12.4 Å². The van der Waals surface area contributed by atoms with Gasteiger partial charge in [-0.25, -0.2) is 0 Å². The summed E-state index contributed by atoms with van der Waals surface area (Å²) in [7, 11) is 0. The molecule has 37 heavy (non-hydrogen) atoms. The Hall–Kier alpha value is -0.660. The number of unbranched alkanes of at least 4 members (excludes halogenated alkanes) is 23. The van der Waals surface area contributed by atoms with Crippen LogP contribution in [0.2, 0.25) is 0 Å². The zero-order chi connectivity index (χ0) is 26.8. The summed E-state index contributed by atoms with van der Waals surface area (Å²) in [5.41, 5.74) is 0. The van der Waals surface area contributed by atoms with Gasteiger partial charge in [0.05, 0.1) is 0 Å². The van der Waals surface area contributed by atoms with Gasteiger partial charge in [0.1, 0.15) is 6.17 Å². The summed E-state index contributed by atoms with van der Waals surface area (Å²) >= 11 is 0. The molecule has 1 heterocycles. The summed E-state index contributed by atoms with van der Waals surface area (Å²) in [6, 6.07) is 0.607. The van der Waals surface area contributed by atoms with Crippen LogP contribution in [0.1, 0.15) is 195 Å².